The van der Waals surface area contributed by atoms with E-state index in [2.05, 4.69) is 9.71 Å². The monoisotopic (exact) mass is 256 g/mol. The number of nitrogens with one attached hydrogen (secondary N) is 2. The van der Waals surface area contributed by atoms with Crippen molar-refractivity contribution in [2.45, 2.75) is 24.8 Å². The van der Waals surface area contributed by atoms with Crippen LogP contribution < -0.4 is 10.5 Å². The topological polar surface area (TPSA) is 92.2 Å². The lowest BCUT2D eigenvalue weighted by molar-refractivity contribution is 0.552. The molecule has 0 aliphatic heterocycles. The fourth-order valence-electron chi connectivity index (χ4n) is 1.47. The van der Waals surface area contributed by atoms with E-state index in [1.54, 1.807) is 13.8 Å². The summed E-state index contributed by atoms with van der Waals surface area (Å²) in [7, 11) is -3.57. The highest BCUT2D eigenvalue weighted by molar-refractivity contribution is 7.89. The van der Waals surface area contributed by atoms with Crippen LogP contribution in [0.2, 0.25) is 0 Å². The normalized spacial score (nSPS) is 12.4. The fourth-order valence-corrected chi connectivity index (χ4v) is 2.74. The zero-order valence-electron chi connectivity index (χ0n) is 9.35. The molecule has 7 heteroatoms. The second kappa shape index (κ2) is 4.01. The van der Waals surface area contributed by atoms with Crippen LogP contribution in [0.1, 0.15) is 13.8 Å². The van der Waals surface area contributed by atoms with Gasteiger partial charge in [0.25, 0.3) is 0 Å². The second-order valence-electron chi connectivity index (χ2n) is 3.95. The first-order valence-corrected chi connectivity index (χ1v) is 6.52. The number of benzene rings is 1. The van der Waals surface area contributed by atoms with Crippen LogP contribution in [0.15, 0.2) is 32.3 Å². The molecule has 0 atom stereocenters. The van der Waals surface area contributed by atoms with Gasteiger partial charge < -0.3 is 4.42 Å². The molecular formula is C10H12N2O4S. The minimum absolute atomic E-state index is 0.0708. The number of aromatic nitrogens is 1. The molecule has 0 unspecified atom stereocenters. The molecule has 17 heavy (non-hydrogen) atoms. The van der Waals surface area contributed by atoms with Crippen LogP contribution in [-0.4, -0.2) is 19.4 Å². The molecule has 0 bridgehead atoms. The average molecular weight is 256 g/mol. The van der Waals surface area contributed by atoms with Crippen molar-refractivity contribution in [3.63, 3.8) is 0 Å². The maximum Gasteiger partial charge on any atom is 0.417 e. The molecule has 0 saturated carbocycles. The molecule has 0 spiro atoms. The van der Waals surface area contributed by atoms with Gasteiger partial charge in [-0.3, -0.25) is 4.98 Å². The van der Waals surface area contributed by atoms with E-state index in [0.717, 1.165) is 0 Å². The van der Waals surface area contributed by atoms with E-state index in [9.17, 15) is 13.2 Å². The SMILES string of the molecule is CC(C)NS(=O)(=O)c1ccc2[nH]c(=O)oc2c1. The molecule has 1 aromatic carbocycles. The van der Waals surface area contributed by atoms with Gasteiger partial charge in [0.15, 0.2) is 5.58 Å². The molecule has 0 aliphatic carbocycles. The van der Waals surface area contributed by atoms with Gasteiger partial charge in [-0.1, -0.05) is 0 Å². The molecule has 1 aromatic heterocycles. The van der Waals surface area contributed by atoms with Gasteiger partial charge in [-0.25, -0.2) is 17.9 Å². The summed E-state index contributed by atoms with van der Waals surface area (Å²) in [4.78, 5) is 13.5. The lowest BCUT2D eigenvalue weighted by atomic mass is 10.3. The molecular weight excluding hydrogens is 244 g/mol. The van der Waals surface area contributed by atoms with E-state index in [4.69, 9.17) is 4.42 Å². The van der Waals surface area contributed by atoms with Crippen molar-refractivity contribution in [1.82, 2.24) is 9.71 Å². The highest BCUT2D eigenvalue weighted by Gasteiger charge is 2.16. The number of fused-ring (bicyclic) bond motifs is 1. The van der Waals surface area contributed by atoms with Gasteiger partial charge in [0, 0.05) is 12.1 Å². The molecule has 1 heterocycles. The zero-order chi connectivity index (χ0) is 12.6. The van der Waals surface area contributed by atoms with Crippen LogP contribution >= 0.6 is 0 Å². The van der Waals surface area contributed by atoms with Crippen LogP contribution in [0.3, 0.4) is 0 Å². The molecule has 0 radical (unpaired) electrons. The predicted octanol–water partition coefficient (Wildman–Crippen LogP) is 0.808. The predicted molar refractivity (Wildman–Crippen MR) is 62.3 cm³/mol. The summed E-state index contributed by atoms with van der Waals surface area (Å²) >= 11 is 0. The smallest absolute Gasteiger partial charge is 0.408 e. The third-order valence-electron chi connectivity index (χ3n) is 2.09. The van der Waals surface area contributed by atoms with E-state index >= 15 is 0 Å². The Morgan fingerprint density at radius 2 is 2.06 bits per heavy atom. The Morgan fingerprint density at radius 1 is 1.35 bits per heavy atom. The summed E-state index contributed by atoms with van der Waals surface area (Å²) in [5, 5.41) is 0. The summed E-state index contributed by atoms with van der Waals surface area (Å²) < 4.78 is 31.0. The minimum atomic E-state index is -3.57. The number of sulfonamides is 1. The molecule has 0 amide bonds. The Kier molecular flexibility index (Phi) is 2.80. The number of oxazole rings is 1. The summed E-state index contributed by atoms with van der Waals surface area (Å²) in [5.41, 5.74) is 0.695. The Hall–Kier alpha value is -1.60. The van der Waals surface area contributed by atoms with Crippen LogP contribution in [-0.2, 0) is 10.0 Å². The third kappa shape index (κ3) is 2.40. The van der Waals surface area contributed by atoms with Gasteiger partial charge in [-0.15, -0.1) is 0 Å². The average Bonchev–Trinajstić information content (AvgIpc) is 2.54. The van der Waals surface area contributed by atoms with Gasteiger partial charge in [0.1, 0.15) is 0 Å². The Morgan fingerprint density at radius 3 is 2.71 bits per heavy atom. The lowest BCUT2D eigenvalue weighted by Gasteiger charge is -2.08. The first-order valence-electron chi connectivity index (χ1n) is 5.04. The van der Waals surface area contributed by atoms with Crippen molar-refractivity contribution in [2.75, 3.05) is 0 Å². The molecule has 92 valence electrons. The van der Waals surface area contributed by atoms with Crippen LogP contribution in [0.4, 0.5) is 0 Å². The molecule has 0 saturated heterocycles. The standard InChI is InChI=1S/C10H12N2O4S/c1-6(2)12-17(14,15)7-3-4-8-9(5-7)16-10(13)11-8/h3-6,12H,1-2H3,(H,11,13). The third-order valence-corrected chi connectivity index (χ3v) is 3.75. The van der Waals surface area contributed by atoms with Crippen LogP contribution in [0, 0.1) is 0 Å². The Labute approximate surface area is 97.7 Å². The van der Waals surface area contributed by atoms with E-state index in [-0.39, 0.29) is 16.5 Å². The molecule has 2 rings (SSSR count). The molecule has 0 fully saturated rings. The molecule has 2 N–H and O–H groups in total. The first kappa shape index (κ1) is 11.9. The number of H-pyrrole nitrogens is 1. The van der Waals surface area contributed by atoms with E-state index in [0.29, 0.717) is 5.52 Å². The van der Waals surface area contributed by atoms with E-state index in [1.807, 2.05) is 0 Å². The Balaban J connectivity index is 2.52. The molecule has 2 aromatic rings. The minimum Gasteiger partial charge on any atom is -0.408 e. The van der Waals surface area contributed by atoms with E-state index in [1.165, 1.54) is 18.2 Å². The lowest BCUT2D eigenvalue weighted by Crippen LogP contribution is -2.30. The zero-order valence-corrected chi connectivity index (χ0v) is 10.2. The number of hydrogen-bond donors (Lipinski definition) is 2. The summed E-state index contributed by atoms with van der Waals surface area (Å²) in [6.07, 6.45) is 0. The molecule has 6 nitrogen and oxygen atoms in total. The first-order chi connectivity index (χ1) is 7.88. The van der Waals surface area contributed by atoms with Gasteiger partial charge in [0.05, 0.1) is 10.4 Å². The van der Waals surface area contributed by atoms with Crippen molar-refractivity contribution in [3.8, 4) is 0 Å². The summed E-state index contributed by atoms with van der Waals surface area (Å²) in [6.45, 7) is 3.46. The van der Waals surface area contributed by atoms with Crippen molar-refractivity contribution in [1.29, 1.82) is 0 Å². The second-order valence-corrected chi connectivity index (χ2v) is 5.66. The fraction of sp³-hybridized carbons (Fsp3) is 0.300. The van der Waals surface area contributed by atoms with Crippen molar-refractivity contribution >= 4 is 21.1 Å². The van der Waals surface area contributed by atoms with Gasteiger partial charge >= 0.3 is 5.76 Å². The quantitative estimate of drug-likeness (QED) is 0.849. The highest BCUT2D eigenvalue weighted by atomic mass is 32.2. The van der Waals surface area contributed by atoms with Gasteiger partial charge in [-0.2, -0.15) is 0 Å². The van der Waals surface area contributed by atoms with Crippen molar-refractivity contribution in [3.05, 3.63) is 28.7 Å². The van der Waals surface area contributed by atoms with Crippen molar-refractivity contribution in [2.24, 2.45) is 0 Å². The van der Waals surface area contributed by atoms with Gasteiger partial charge in [0.2, 0.25) is 10.0 Å². The maximum atomic E-state index is 11.9. The maximum absolute atomic E-state index is 11.9. The van der Waals surface area contributed by atoms with E-state index < -0.39 is 15.8 Å². The Bertz CT molecular complexity index is 696. The summed E-state index contributed by atoms with van der Waals surface area (Å²) in [6, 6.07) is 4.03. The summed E-state index contributed by atoms with van der Waals surface area (Å²) in [5.74, 6) is -0.605. The largest absolute Gasteiger partial charge is 0.417 e. The number of hydrogen-bond acceptors (Lipinski definition) is 4. The van der Waals surface area contributed by atoms with Gasteiger partial charge in [-0.05, 0) is 26.0 Å². The van der Waals surface area contributed by atoms with Crippen LogP contribution in [0.25, 0.3) is 11.1 Å². The van der Waals surface area contributed by atoms with Crippen LogP contribution in [0.5, 0.6) is 0 Å². The number of aromatic amines is 1. The molecule has 0 aliphatic rings. The highest BCUT2D eigenvalue weighted by Crippen LogP contribution is 2.16. The van der Waals surface area contributed by atoms with Crippen molar-refractivity contribution < 1.29 is 12.8 Å². The number of rotatable bonds is 3.